The van der Waals surface area contributed by atoms with Crippen molar-refractivity contribution in [1.29, 1.82) is 0 Å². The van der Waals surface area contributed by atoms with Crippen LogP contribution in [-0.2, 0) is 14.3 Å². The molecule has 1 heterocycles. The fraction of sp³-hybridized carbons (Fsp3) is 0.130. The van der Waals surface area contributed by atoms with Gasteiger partial charge in [0.2, 0.25) is 5.91 Å². The summed E-state index contributed by atoms with van der Waals surface area (Å²) < 4.78 is 4.90. The number of nitrogens with one attached hydrogen (secondary N) is 2. The Morgan fingerprint density at radius 2 is 1.77 bits per heavy atom. The molecule has 1 aliphatic heterocycles. The van der Waals surface area contributed by atoms with Gasteiger partial charge in [0.15, 0.2) is 0 Å². The number of carbonyl (C=O) groups excluding carboxylic acids is 4. The van der Waals surface area contributed by atoms with Crippen LogP contribution in [0.1, 0.15) is 22.8 Å². The summed E-state index contributed by atoms with van der Waals surface area (Å²) in [6, 6.07) is 14.9. The highest BCUT2D eigenvalue weighted by atomic mass is 16.5. The maximum Gasteiger partial charge on any atom is 0.338 e. The van der Waals surface area contributed by atoms with Crippen LogP contribution >= 0.6 is 0 Å². The first-order chi connectivity index (χ1) is 15.0. The van der Waals surface area contributed by atoms with Crippen LogP contribution in [0.2, 0.25) is 0 Å². The molecular weight excluding hydrogens is 398 g/mol. The molecular formula is C23H21N3O5. The zero-order chi connectivity index (χ0) is 22.2. The lowest BCUT2D eigenvalue weighted by Crippen LogP contribution is -2.38. The number of carbonyl (C=O) groups is 4. The first-order valence-electron chi connectivity index (χ1n) is 9.61. The average molecular weight is 419 g/mol. The fourth-order valence-electron chi connectivity index (χ4n) is 2.80. The van der Waals surface area contributed by atoms with E-state index in [-0.39, 0.29) is 12.3 Å². The lowest BCUT2D eigenvalue weighted by Gasteiger charge is -2.12. The quantitative estimate of drug-likeness (QED) is 0.408. The third kappa shape index (κ3) is 5.66. The van der Waals surface area contributed by atoms with E-state index in [1.165, 1.54) is 30.3 Å². The molecule has 3 rings (SSSR count). The van der Waals surface area contributed by atoms with Gasteiger partial charge in [0.1, 0.15) is 12.2 Å². The number of rotatable bonds is 7. The van der Waals surface area contributed by atoms with Gasteiger partial charge in [0.25, 0.3) is 5.91 Å². The molecule has 2 N–H and O–H groups in total. The molecule has 1 saturated heterocycles. The van der Waals surface area contributed by atoms with Crippen molar-refractivity contribution in [2.75, 3.05) is 18.5 Å². The molecule has 2 aromatic carbocycles. The second kappa shape index (κ2) is 10.0. The highest BCUT2D eigenvalue weighted by molar-refractivity contribution is 6.14. The minimum absolute atomic E-state index is 0.0868. The van der Waals surface area contributed by atoms with Gasteiger partial charge in [0, 0.05) is 5.69 Å². The van der Waals surface area contributed by atoms with Crippen molar-refractivity contribution in [3.8, 4) is 0 Å². The minimum atomic E-state index is -0.669. The Labute approximate surface area is 179 Å². The van der Waals surface area contributed by atoms with Gasteiger partial charge in [-0.25, -0.2) is 14.5 Å². The molecule has 0 spiro atoms. The van der Waals surface area contributed by atoms with Crippen LogP contribution in [0.5, 0.6) is 0 Å². The Hall–Kier alpha value is -4.20. The molecule has 0 aromatic heterocycles. The van der Waals surface area contributed by atoms with Crippen LogP contribution in [0.25, 0.3) is 6.08 Å². The number of ether oxygens (including phenoxy) is 1. The van der Waals surface area contributed by atoms with Gasteiger partial charge >= 0.3 is 12.0 Å². The van der Waals surface area contributed by atoms with Gasteiger partial charge in [-0.3, -0.25) is 9.59 Å². The summed E-state index contributed by atoms with van der Waals surface area (Å²) in [5, 5.41) is 5.05. The molecule has 0 bridgehead atoms. The smallest absolute Gasteiger partial charge is 0.338 e. The lowest BCUT2D eigenvalue weighted by molar-refractivity contribution is -0.127. The van der Waals surface area contributed by atoms with Crippen molar-refractivity contribution in [2.24, 2.45) is 0 Å². The molecule has 1 aliphatic rings. The molecule has 31 heavy (non-hydrogen) atoms. The Morgan fingerprint density at radius 3 is 2.45 bits per heavy atom. The van der Waals surface area contributed by atoms with E-state index in [4.69, 9.17) is 4.74 Å². The van der Waals surface area contributed by atoms with E-state index >= 15 is 0 Å². The van der Waals surface area contributed by atoms with Gasteiger partial charge in [0.05, 0.1) is 12.2 Å². The number of hydrogen-bond acceptors (Lipinski definition) is 5. The van der Waals surface area contributed by atoms with Crippen molar-refractivity contribution in [3.63, 3.8) is 0 Å². The van der Waals surface area contributed by atoms with Gasteiger partial charge in [-0.2, -0.15) is 0 Å². The van der Waals surface area contributed by atoms with Crippen LogP contribution in [-0.4, -0.2) is 41.9 Å². The number of anilines is 1. The lowest BCUT2D eigenvalue weighted by atomic mass is 10.2. The van der Waals surface area contributed by atoms with Crippen LogP contribution in [0, 0.1) is 0 Å². The summed E-state index contributed by atoms with van der Waals surface area (Å²) in [6.45, 7) is 1.54. The Bertz CT molecular complexity index is 1040. The SMILES string of the molecule is CCOC(=O)c1ccc(NC(=O)CN2C(=O)N/C(=C\C=C\c3ccccc3)C2=O)cc1. The van der Waals surface area contributed by atoms with E-state index in [1.807, 2.05) is 30.3 Å². The molecule has 0 aliphatic carbocycles. The zero-order valence-corrected chi connectivity index (χ0v) is 16.8. The number of benzene rings is 2. The number of esters is 1. The van der Waals surface area contributed by atoms with E-state index in [9.17, 15) is 19.2 Å². The van der Waals surface area contributed by atoms with Crippen molar-refractivity contribution in [2.45, 2.75) is 6.92 Å². The predicted molar refractivity (Wildman–Crippen MR) is 115 cm³/mol. The van der Waals surface area contributed by atoms with Crippen LogP contribution in [0.3, 0.4) is 0 Å². The van der Waals surface area contributed by atoms with Crippen molar-refractivity contribution in [1.82, 2.24) is 10.2 Å². The Morgan fingerprint density at radius 1 is 1.06 bits per heavy atom. The fourth-order valence-corrected chi connectivity index (χ4v) is 2.80. The van der Waals surface area contributed by atoms with E-state index in [2.05, 4.69) is 10.6 Å². The maximum atomic E-state index is 12.4. The number of allylic oxidation sites excluding steroid dienone is 2. The third-order valence-corrected chi connectivity index (χ3v) is 4.29. The van der Waals surface area contributed by atoms with Crippen molar-refractivity contribution < 1.29 is 23.9 Å². The molecule has 2 aromatic rings. The molecule has 1 fully saturated rings. The first-order valence-corrected chi connectivity index (χ1v) is 9.61. The molecule has 8 nitrogen and oxygen atoms in total. The van der Waals surface area contributed by atoms with E-state index in [0.29, 0.717) is 11.3 Å². The third-order valence-electron chi connectivity index (χ3n) is 4.29. The summed E-state index contributed by atoms with van der Waals surface area (Å²) in [4.78, 5) is 49.3. The minimum Gasteiger partial charge on any atom is -0.462 e. The molecule has 0 radical (unpaired) electrons. The molecule has 4 amide bonds. The van der Waals surface area contributed by atoms with E-state index < -0.39 is 30.4 Å². The standard InChI is InChI=1S/C23H21N3O5/c1-2-31-22(29)17-11-13-18(14-12-17)24-20(27)15-26-21(28)19(25-23(26)30)10-6-9-16-7-4-3-5-8-16/h3-14H,2,15H2,1H3,(H,24,27)(H,25,30)/b9-6+,19-10-. The Kier molecular flexibility index (Phi) is 6.95. The number of nitrogens with zero attached hydrogens (tertiary/aromatic N) is 1. The number of imide groups is 1. The molecule has 158 valence electrons. The molecule has 0 saturated carbocycles. The largest absolute Gasteiger partial charge is 0.462 e. The van der Waals surface area contributed by atoms with Crippen molar-refractivity contribution >= 4 is 35.6 Å². The zero-order valence-electron chi connectivity index (χ0n) is 16.8. The summed E-state index contributed by atoms with van der Waals surface area (Å²) >= 11 is 0. The average Bonchev–Trinajstić information content (AvgIpc) is 3.02. The van der Waals surface area contributed by atoms with Crippen LogP contribution in [0.4, 0.5) is 10.5 Å². The predicted octanol–water partition coefficient (Wildman–Crippen LogP) is 2.95. The van der Waals surface area contributed by atoms with E-state index in [1.54, 1.807) is 19.1 Å². The topological polar surface area (TPSA) is 105 Å². The first kappa shape index (κ1) is 21.5. The molecule has 8 heteroatoms. The van der Waals surface area contributed by atoms with E-state index in [0.717, 1.165) is 10.5 Å². The van der Waals surface area contributed by atoms with Crippen LogP contribution < -0.4 is 10.6 Å². The van der Waals surface area contributed by atoms with Gasteiger partial charge in [-0.15, -0.1) is 0 Å². The maximum absolute atomic E-state index is 12.4. The summed E-state index contributed by atoms with van der Waals surface area (Å²) in [5.74, 6) is -1.59. The highest BCUT2D eigenvalue weighted by Crippen LogP contribution is 2.13. The Balaban J connectivity index is 1.58. The van der Waals surface area contributed by atoms with Gasteiger partial charge < -0.3 is 15.4 Å². The van der Waals surface area contributed by atoms with Crippen molar-refractivity contribution in [3.05, 3.63) is 83.6 Å². The number of urea groups is 1. The number of amides is 4. The summed E-state index contributed by atoms with van der Waals surface area (Å²) in [5.41, 5.74) is 1.81. The molecule has 0 unspecified atom stereocenters. The number of hydrogen-bond donors (Lipinski definition) is 2. The highest BCUT2D eigenvalue weighted by Gasteiger charge is 2.34. The normalized spacial score (nSPS) is 14.7. The molecule has 0 atom stereocenters. The van der Waals surface area contributed by atoms with Crippen LogP contribution in [0.15, 0.2) is 72.4 Å². The second-order valence-corrected chi connectivity index (χ2v) is 6.52. The van der Waals surface area contributed by atoms with Gasteiger partial charge in [-0.1, -0.05) is 42.5 Å². The van der Waals surface area contributed by atoms with Gasteiger partial charge in [-0.05, 0) is 42.8 Å². The monoisotopic (exact) mass is 419 g/mol. The summed E-state index contributed by atoms with van der Waals surface area (Å²) in [7, 11) is 0. The second-order valence-electron chi connectivity index (χ2n) is 6.52. The summed E-state index contributed by atoms with van der Waals surface area (Å²) in [6.07, 6.45) is 4.93.